The predicted molar refractivity (Wildman–Crippen MR) is 127 cm³/mol. The van der Waals surface area contributed by atoms with E-state index in [0.29, 0.717) is 18.6 Å². The molecule has 2 heterocycles. The van der Waals surface area contributed by atoms with E-state index in [1.54, 1.807) is 0 Å². The lowest BCUT2D eigenvalue weighted by atomic mass is 9.68. The molecule has 2 saturated carbocycles. The molecule has 0 amide bonds. The lowest BCUT2D eigenvalue weighted by Crippen LogP contribution is -2.47. The Morgan fingerprint density at radius 2 is 1.97 bits per heavy atom. The van der Waals surface area contributed by atoms with Gasteiger partial charge in [0.1, 0.15) is 0 Å². The molecule has 0 bridgehead atoms. The standard InChI is InChI=1S/C25H34ClN5/c1-17-22-15-31(13-10-23(22)29-24(28-17)30(2)20-6-7-20)21-8-11-25(16-27,12-9-21)18-4-3-5-19(26)14-18/h3-5,14,20-21H,6-13,15-16,27H2,1-2H3. The zero-order valence-corrected chi connectivity index (χ0v) is 19.5. The summed E-state index contributed by atoms with van der Waals surface area (Å²) in [5.74, 6) is 0.916. The molecule has 31 heavy (non-hydrogen) atoms. The number of rotatable bonds is 5. The van der Waals surface area contributed by atoms with Gasteiger partial charge in [-0.25, -0.2) is 9.97 Å². The van der Waals surface area contributed by atoms with Gasteiger partial charge in [-0.3, -0.25) is 4.90 Å². The number of benzene rings is 1. The monoisotopic (exact) mass is 439 g/mol. The number of nitrogens with zero attached hydrogens (tertiary/aromatic N) is 4. The Kier molecular flexibility index (Phi) is 5.70. The van der Waals surface area contributed by atoms with Crippen molar-refractivity contribution in [3.63, 3.8) is 0 Å². The number of anilines is 1. The maximum absolute atomic E-state index is 6.31. The third-order valence-electron chi connectivity index (χ3n) is 7.95. The molecule has 2 aliphatic carbocycles. The fraction of sp³-hybridized carbons (Fsp3) is 0.600. The molecule has 6 heteroatoms. The van der Waals surface area contributed by atoms with Crippen molar-refractivity contribution in [2.24, 2.45) is 5.73 Å². The fourth-order valence-corrected chi connectivity index (χ4v) is 5.82. The van der Waals surface area contributed by atoms with Crippen molar-refractivity contribution in [3.8, 4) is 0 Å². The topological polar surface area (TPSA) is 58.3 Å². The number of nitrogens with two attached hydrogens (primary N) is 1. The lowest BCUT2D eigenvalue weighted by Gasteiger charge is -2.44. The molecule has 0 spiro atoms. The second-order valence-corrected chi connectivity index (χ2v) is 10.3. The Labute approximate surface area is 191 Å². The van der Waals surface area contributed by atoms with Crippen LogP contribution in [0.4, 0.5) is 5.95 Å². The van der Waals surface area contributed by atoms with Crippen LogP contribution >= 0.6 is 11.6 Å². The summed E-state index contributed by atoms with van der Waals surface area (Å²) >= 11 is 6.28. The molecule has 0 saturated heterocycles. The van der Waals surface area contributed by atoms with Crippen molar-refractivity contribution in [1.82, 2.24) is 14.9 Å². The molecule has 166 valence electrons. The van der Waals surface area contributed by atoms with Crippen LogP contribution in [0.3, 0.4) is 0 Å². The first-order chi connectivity index (χ1) is 15.0. The highest BCUT2D eigenvalue weighted by Crippen LogP contribution is 2.41. The molecular weight excluding hydrogens is 406 g/mol. The van der Waals surface area contributed by atoms with Crippen molar-refractivity contribution in [1.29, 1.82) is 0 Å². The summed E-state index contributed by atoms with van der Waals surface area (Å²) in [6.07, 6.45) is 8.17. The molecule has 3 aliphatic rings. The quantitative estimate of drug-likeness (QED) is 0.755. The summed E-state index contributed by atoms with van der Waals surface area (Å²) in [6.45, 7) is 4.92. The third kappa shape index (κ3) is 4.08. The van der Waals surface area contributed by atoms with Gasteiger partial charge < -0.3 is 10.6 Å². The Hall–Kier alpha value is -1.69. The van der Waals surface area contributed by atoms with Crippen LogP contribution in [0.15, 0.2) is 24.3 Å². The van der Waals surface area contributed by atoms with Crippen LogP contribution < -0.4 is 10.6 Å². The minimum absolute atomic E-state index is 0.0659. The Morgan fingerprint density at radius 3 is 2.65 bits per heavy atom. The largest absolute Gasteiger partial charge is 0.341 e. The first kappa shape index (κ1) is 21.2. The second-order valence-electron chi connectivity index (χ2n) is 9.82. The van der Waals surface area contributed by atoms with Crippen molar-refractivity contribution < 1.29 is 0 Å². The Morgan fingerprint density at radius 1 is 1.19 bits per heavy atom. The van der Waals surface area contributed by atoms with Gasteiger partial charge >= 0.3 is 0 Å². The summed E-state index contributed by atoms with van der Waals surface area (Å²) in [5, 5.41) is 0.808. The van der Waals surface area contributed by atoms with E-state index in [1.807, 2.05) is 6.07 Å². The van der Waals surface area contributed by atoms with Gasteiger partial charge in [-0.1, -0.05) is 23.7 Å². The number of aromatic nitrogens is 2. The van der Waals surface area contributed by atoms with Crippen LogP contribution in [0.1, 0.15) is 61.0 Å². The maximum atomic E-state index is 6.31. The van der Waals surface area contributed by atoms with Gasteiger partial charge in [-0.15, -0.1) is 0 Å². The smallest absolute Gasteiger partial charge is 0.225 e. The van der Waals surface area contributed by atoms with Crippen LogP contribution in [0.2, 0.25) is 5.02 Å². The molecule has 0 atom stereocenters. The highest BCUT2D eigenvalue weighted by Gasteiger charge is 2.38. The van der Waals surface area contributed by atoms with Crippen molar-refractivity contribution in [3.05, 3.63) is 51.8 Å². The molecule has 1 aliphatic heterocycles. The second kappa shape index (κ2) is 8.34. The number of hydrogen-bond donors (Lipinski definition) is 1. The van der Waals surface area contributed by atoms with Gasteiger partial charge in [-0.05, 0) is 63.1 Å². The minimum atomic E-state index is 0.0659. The molecule has 2 N–H and O–H groups in total. The number of aryl methyl sites for hydroxylation is 1. The molecule has 1 aromatic heterocycles. The summed E-state index contributed by atoms with van der Waals surface area (Å²) in [6, 6.07) is 9.57. The summed E-state index contributed by atoms with van der Waals surface area (Å²) in [5.41, 5.74) is 11.5. The molecule has 2 fully saturated rings. The molecule has 5 nitrogen and oxygen atoms in total. The summed E-state index contributed by atoms with van der Waals surface area (Å²) in [7, 11) is 2.14. The molecule has 0 unspecified atom stereocenters. The van der Waals surface area contributed by atoms with Crippen molar-refractivity contribution in [2.75, 3.05) is 25.0 Å². The van der Waals surface area contributed by atoms with Crippen LogP contribution in [0, 0.1) is 6.92 Å². The maximum Gasteiger partial charge on any atom is 0.225 e. The summed E-state index contributed by atoms with van der Waals surface area (Å²) in [4.78, 5) is 14.8. The van der Waals surface area contributed by atoms with Crippen LogP contribution in [-0.2, 0) is 18.4 Å². The van der Waals surface area contributed by atoms with E-state index < -0.39 is 0 Å². The van der Waals surface area contributed by atoms with Gasteiger partial charge in [-0.2, -0.15) is 0 Å². The lowest BCUT2D eigenvalue weighted by molar-refractivity contribution is 0.112. The first-order valence-corrected chi connectivity index (χ1v) is 12.2. The van der Waals surface area contributed by atoms with E-state index >= 15 is 0 Å². The van der Waals surface area contributed by atoms with E-state index in [9.17, 15) is 0 Å². The van der Waals surface area contributed by atoms with Crippen LogP contribution in [-0.4, -0.2) is 47.1 Å². The molecule has 2 aromatic rings. The molecule has 1 aromatic carbocycles. The molecule has 5 rings (SSSR count). The number of hydrogen-bond acceptors (Lipinski definition) is 5. The average Bonchev–Trinajstić information content (AvgIpc) is 3.64. The summed E-state index contributed by atoms with van der Waals surface area (Å²) < 4.78 is 0. The molecule has 0 radical (unpaired) electrons. The van der Waals surface area contributed by atoms with Gasteiger partial charge in [0, 0.05) is 66.9 Å². The van der Waals surface area contributed by atoms with Gasteiger partial charge in [0.25, 0.3) is 0 Å². The SMILES string of the molecule is Cc1nc(N(C)C2CC2)nc2c1CN(C1CCC(CN)(c3cccc(Cl)c3)CC1)CC2. The predicted octanol–water partition coefficient (Wildman–Crippen LogP) is 4.23. The third-order valence-corrected chi connectivity index (χ3v) is 8.19. The number of halogens is 1. The van der Waals surface area contributed by atoms with E-state index in [1.165, 1.54) is 42.5 Å². The van der Waals surface area contributed by atoms with Gasteiger partial charge in [0.05, 0.1) is 5.69 Å². The highest BCUT2D eigenvalue weighted by atomic mass is 35.5. The normalized spacial score (nSPS) is 26.5. The van der Waals surface area contributed by atoms with E-state index in [0.717, 1.165) is 49.0 Å². The zero-order valence-electron chi connectivity index (χ0n) is 18.8. The minimum Gasteiger partial charge on any atom is -0.341 e. The van der Waals surface area contributed by atoms with Crippen LogP contribution in [0.5, 0.6) is 0 Å². The van der Waals surface area contributed by atoms with Gasteiger partial charge in [0.15, 0.2) is 0 Å². The Bertz CT molecular complexity index is 949. The number of fused-ring (bicyclic) bond motifs is 1. The zero-order chi connectivity index (χ0) is 21.6. The van der Waals surface area contributed by atoms with E-state index in [-0.39, 0.29) is 5.41 Å². The van der Waals surface area contributed by atoms with E-state index in [2.05, 4.69) is 42.0 Å². The average molecular weight is 440 g/mol. The Balaban J connectivity index is 1.28. The van der Waals surface area contributed by atoms with Gasteiger partial charge in [0.2, 0.25) is 5.95 Å². The molecular formula is C25H34ClN5. The fourth-order valence-electron chi connectivity index (χ4n) is 5.63. The highest BCUT2D eigenvalue weighted by molar-refractivity contribution is 6.30. The van der Waals surface area contributed by atoms with Crippen molar-refractivity contribution >= 4 is 17.5 Å². The first-order valence-electron chi connectivity index (χ1n) is 11.8. The van der Waals surface area contributed by atoms with E-state index in [4.69, 9.17) is 27.3 Å². The van der Waals surface area contributed by atoms with Crippen LogP contribution in [0.25, 0.3) is 0 Å². The van der Waals surface area contributed by atoms with Crippen molar-refractivity contribution in [2.45, 2.75) is 75.9 Å².